The van der Waals surface area contributed by atoms with Crippen LogP contribution in [-0.4, -0.2) is 59.6 Å². The Bertz CT molecular complexity index is 964. The van der Waals surface area contributed by atoms with Gasteiger partial charge in [0.05, 0.1) is 10.9 Å². The largest absolute Gasteiger partial charge is 0.486 e. The van der Waals surface area contributed by atoms with E-state index < -0.39 is 10.0 Å². The van der Waals surface area contributed by atoms with Crippen molar-refractivity contribution in [2.45, 2.75) is 17.4 Å². The Balaban J connectivity index is 1.50. The number of benzene rings is 2. The number of sulfonamides is 1. The summed E-state index contributed by atoms with van der Waals surface area (Å²) in [5, 5.41) is 2.88. The third-order valence-electron chi connectivity index (χ3n) is 4.77. The molecule has 0 saturated heterocycles. The van der Waals surface area contributed by atoms with Gasteiger partial charge in [-0.2, -0.15) is 0 Å². The molecule has 0 radical (unpaired) electrons. The highest BCUT2D eigenvalue weighted by molar-refractivity contribution is 7.89. The molecule has 8 nitrogen and oxygen atoms in total. The number of likely N-dealkylation sites (N-methyl/N-ethyl adjacent to an activating group) is 1. The van der Waals surface area contributed by atoms with Gasteiger partial charge in [-0.3, -0.25) is 4.79 Å². The quantitative estimate of drug-likeness (QED) is 0.623. The predicted molar refractivity (Wildman–Crippen MR) is 113 cm³/mol. The Morgan fingerprint density at radius 2 is 1.77 bits per heavy atom. The molecule has 2 aromatic rings. The monoisotopic (exact) mass is 433 g/mol. The van der Waals surface area contributed by atoms with Crippen LogP contribution in [-0.2, 0) is 14.8 Å². The number of hydrogen-bond donors (Lipinski definition) is 2. The normalized spacial score (nSPS) is 14.4. The molecule has 0 saturated carbocycles. The molecule has 1 heterocycles. The number of ether oxygens (including phenoxy) is 2. The smallest absolute Gasteiger partial charge is 0.240 e. The van der Waals surface area contributed by atoms with Gasteiger partial charge >= 0.3 is 0 Å². The number of hydrogen-bond acceptors (Lipinski definition) is 6. The first kappa shape index (κ1) is 22.1. The molecule has 30 heavy (non-hydrogen) atoms. The maximum atomic E-state index is 12.5. The van der Waals surface area contributed by atoms with Crippen LogP contribution >= 0.6 is 0 Å². The molecule has 0 aromatic heterocycles. The zero-order valence-corrected chi connectivity index (χ0v) is 17.9. The van der Waals surface area contributed by atoms with Crippen molar-refractivity contribution in [1.82, 2.24) is 14.9 Å². The zero-order chi connectivity index (χ0) is 21.6. The van der Waals surface area contributed by atoms with E-state index in [2.05, 4.69) is 10.0 Å². The maximum Gasteiger partial charge on any atom is 0.240 e. The highest BCUT2D eigenvalue weighted by Crippen LogP contribution is 2.32. The number of fused-ring (bicyclic) bond motifs is 1. The lowest BCUT2D eigenvalue weighted by Gasteiger charge is -2.25. The lowest BCUT2D eigenvalue weighted by atomic mass is 10.1. The SMILES string of the molecule is CN(C)[C@H](CNC(=O)CCNS(=O)(=O)c1ccc2c(c1)OCCO2)c1ccccc1. The van der Waals surface area contributed by atoms with E-state index in [-0.39, 0.29) is 29.8 Å². The second-order valence-electron chi connectivity index (χ2n) is 7.15. The van der Waals surface area contributed by atoms with Gasteiger partial charge in [0.2, 0.25) is 15.9 Å². The van der Waals surface area contributed by atoms with E-state index in [0.29, 0.717) is 31.3 Å². The molecule has 0 aliphatic carbocycles. The summed E-state index contributed by atoms with van der Waals surface area (Å²) in [4.78, 5) is 14.3. The van der Waals surface area contributed by atoms with Crippen LogP contribution in [0.25, 0.3) is 0 Å². The van der Waals surface area contributed by atoms with E-state index in [0.717, 1.165) is 5.56 Å². The summed E-state index contributed by atoms with van der Waals surface area (Å²) in [7, 11) is 0.148. The summed E-state index contributed by atoms with van der Waals surface area (Å²) in [5.74, 6) is 0.702. The number of rotatable bonds is 9. The molecular formula is C21H27N3O5S. The second-order valence-corrected chi connectivity index (χ2v) is 8.91. The van der Waals surface area contributed by atoms with E-state index in [4.69, 9.17) is 9.47 Å². The Morgan fingerprint density at radius 1 is 1.07 bits per heavy atom. The number of nitrogens with zero attached hydrogens (tertiary/aromatic N) is 1. The van der Waals surface area contributed by atoms with Crippen LogP contribution in [0.2, 0.25) is 0 Å². The molecule has 0 fully saturated rings. The molecule has 1 aliphatic rings. The topological polar surface area (TPSA) is 97.0 Å². The van der Waals surface area contributed by atoms with Crippen molar-refractivity contribution in [3.05, 3.63) is 54.1 Å². The first-order valence-electron chi connectivity index (χ1n) is 9.74. The summed E-state index contributed by atoms with van der Waals surface area (Å²) in [6, 6.07) is 14.4. The van der Waals surface area contributed by atoms with Crippen molar-refractivity contribution < 1.29 is 22.7 Å². The number of carbonyl (C=O) groups excluding carboxylic acids is 1. The maximum absolute atomic E-state index is 12.5. The average Bonchev–Trinajstić information content (AvgIpc) is 2.74. The summed E-state index contributed by atoms with van der Waals surface area (Å²) < 4.78 is 38.3. The van der Waals surface area contributed by atoms with Crippen LogP contribution in [0, 0.1) is 0 Å². The number of nitrogens with one attached hydrogen (secondary N) is 2. The third kappa shape index (κ3) is 5.71. The van der Waals surface area contributed by atoms with E-state index in [9.17, 15) is 13.2 Å². The van der Waals surface area contributed by atoms with E-state index in [1.54, 1.807) is 6.07 Å². The summed E-state index contributed by atoms with van der Waals surface area (Å²) >= 11 is 0. The standard InChI is InChI=1S/C21H27N3O5S/c1-24(2)18(16-6-4-3-5-7-16)15-22-21(25)10-11-23-30(26,27)17-8-9-19-20(14-17)29-13-12-28-19/h3-9,14,18,23H,10-13,15H2,1-2H3,(H,22,25)/t18-/m1/s1. The van der Waals surface area contributed by atoms with Crippen LogP contribution in [0.1, 0.15) is 18.0 Å². The van der Waals surface area contributed by atoms with Gasteiger partial charge in [-0.05, 0) is 31.8 Å². The third-order valence-corrected chi connectivity index (χ3v) is 6.23. The fourth-order valence-corrected chi connectivity index (χ4v) is 4.19. The van der Waals surface area contributed by atoms with Gasteiger partial charge in [0.15, 0.2) is 11.5 Å². The summed E-state index contributed by atoms with van der Waals surface area (Å²) in [6.07, 6.45) is 0.0404. The molecule has 0 bridgehead atoms. The first-order chi connectivity index (χ1) is 14.4. The fraction of sp³-hybridized carbons (Fsp3) is 0.381. The van der Waals surface area contributed by atoms with Crippen LogP contribution in [0.15, 0.2) is 53.4 Å². The minimum Gasteiger partial charge on any atom is -0.486 e. The molecule has 3 rings (SSSR count). The van der Waals surface area contributed by atoms with Gasteiger partial charge in [-0.25, -0.2) is 13.1 Å². The van der Waals surface area contributed by atoms with Crippen LogP contribution in [0.4, 0.5) is 0 Å². The molecular weight excluding hydrogens is 406 g/mol. The molecule has 1 aliphatic heterocycles. The molecule has 1 atom stereocenters. The van der Waals surface area contributed by atoms with E-state index in [1.165, 1.54) is 12.1 Å². The van der Waals surface area contributed by atoms with Crippen LogP contribution < -0.4 is 19.5 Å². The summed E-state index contributed by atoms with van der Waals surface area (Å²) in [6.45, 7) is 1.25. The van der Waals surface area contributed by atoms with Crippen molar-refractivity contribution in [3.8, 4) is 11.5 Å². The Kier molecular flexibility index (Phi) is 7.30. The second kappa shape index (κ2) is 9.92. The average molecular weight is 434 g/mol. The molecule has 2 N–H and O–H groups in total. The van der Waals surface area contributed by atoms with Gasteiger partial charge in [0.25, 0.3) is 0 Å². The Hall–Kier alpha value is -2.62. The highest BCUT2D eigenvalue weighted by atomic mass is 32.2. The van der Waals surface area contributed by atoms with Crippen LogP contribution in [0.5, 0.6) is 11.5 Å². The van der Waals surface area contributed by atoms with Crippen LogP contribution in [0.3, 0.4) is 0 Å². The van der Waals surface area contributed by atoms with Gasteiger partial charge in [-0.1, -0.05) is 30.3 Å². The minimum absolute atomic E-state index is 0.000572. The lowest BCUT2D eigenvalue weighted by Crippen LogP contribution is -2.36. The minimum atomic E-state index is -3.75. The Labute approximate surface area is 177 Å². The number of carbonyl (C=O) groups is 1. The predicted octanol–water partition coefficient (Wildman–Crippen LogP) is 1.55. The van der Waals surface area contributed by atoms with Crippen molar-refractivity contribution in [2.24, 2.45) is 0 Å². The van der Waals surface area contributed by atoms with Gasteiger partial charge in [0.1, 0.15) is 13.2 Å². The van der Waals surface area contributed by atoms with Crippen molar-refractivity contribution in [1.29, 1.82) is 0 Å². The van der Waals surface area contributed by atoms with Gasteiger partial charge < -0.3 is 19.7 Å². The summed E-state index contributed by atoms with van der Waals surface area (Å²) in [5.41, 5.74) is 1.10. The van der Waals surface area contributed by atoms with Gasteiger partial charge in [-0.15, -0.1) is 0 Å². The van der Waals surface area contributed by atoms with Gasteiger partial charge in [0, 0.05) is 25.6 Å². The first-order valence-corrected chi connectivity index (χ1v) is 11.2. The van der Waals surface area contributed by atoms with Crippen molar-refractivity contribution in [3.63, 3.8) is 0 Å². The van der Waals surface area contributed by atoms with E-state index in [1.807, 2.05) is 49.3 Å². The number of amides is 1. The Morgan fingerprint density at radius 3 is 2.47 bits per heavy atom. The molecule has 2 aromatic carbocycles. The lowest BCUT2D eigenvalue weighted by molar-refractivity contribution is -0.121. The zero-order valence-electron chi connectivity index (χ0n) is 17.1. The van der Waals surface area contributed by atoms with Crippen molar-refractivity contribution >= 4 is 15.9 Å². The molecule has 162 valence electrons. The molecule has 9 heteroatoms. The molecule has 0 unspecified atom stereocenters. The fourth-order valence-electron chi connectivity index (χ4n) is 3.15. The molecule has 1 amide bonds. The molecule has 0 spiro atoms. The van der Waals surface area contributed by atoms with E-state index >= 15 is 0 Å². The highest BCUT2D eigenvalue weighted by Gasteiger charge is 2.20. The van der Waals surface area contributed by atoms with Crippen molar-refractivity contribution in [2.75, 3.05) is 40.4 Å².